The molecule has 76 valence electrons. The van der Waals surface area contributed by atoms with E-state index in [0.717, 1.165) is 22.9 Å². The Morgan fingerprint density at radius 1 is 1.20 bits per heavy atom. The van der Waals surface area contributed by atoms with Crippen LogP contribution in [0.2, 0.25) is 0 Å². The van der Waals surface area contributed by atoms with Gasteiger partial charge in [-0.15, -0.1) is 0 Å². The number of hydrogen-bond donors (Lipinski definition) is 0. The van der Waals surface area contributed by atoms with Gasteiger partial charge in [0.1, 0.15) is 5.69 Å². The first kappa shape index (κ1) is 9.98. The molecule has 0 N–H and O–H groups in total. The van der Waals surface area contributed by atoms with Gasteiger partial charge in [-0.3, -0.25) is 4.79 Å². The van der Waals surface area contributed by atoms with E-state index < -0.39 is 0 Å². The molecule has 1 aromatic heterocycles. The molecule has 0 saturated carbocycles. The van der Waals surface area contributed by atoms with E-state index in [0.29, 0.717) is 11.3 Å². The summed E-state index contributed by atoms with van der Waals surface area (Å²) in [7, 11) is 0. The molecule has 4 heteroatoms. The highest BCUT2D eigenvalue weighted by molar-refractivity contribution is 6.99. The number of nitrogens with zero attached hydrogens (tertiary/aromatic N) is 2. The molecule has 0 amide bonds. The number of ketones is 1. The molecule has 0 atom stereocenters. The molecule has 0 spiro atoms. The number of benzene rings is 1. The summed E-state index contributed by atoms with van der Waals surface area (Å²) in [6, 6.07) is 5.78. The average molecular weight is 218 g/mol. The Bertz CT molecular complexity index is 471. The Hall–Kier alpha value is -1.55. The van der Waals surface area contributed by atoms with Gasteiger partial charge in [-0.05, 0) is 26.0 Å². The summed E-state index contributed by atoms with van der Waals surface area (Å²) in [5.74, 6) is -0.0597. The summed E-state index contributed by atoms with van der Waals surface area (Å²) in [6.07, 6.45) is 1.50. The predicted molar refractivity (Wildman–Crippen MR) is 59.3 cm³/mol. The number of rotatable bonds is 2. The van der Waals surface area contributed by atoms with E-state index in [-0.39, 0.29) is 5.78 Å². The third kappa shape index (κ3) is 2.10. The van der Waals surface area contributed by atoms with E-state index in [9.17, 15) is 4.79 Å². The lowest BCUT2D eigenvalue weighted by Gasteiger charge is -2.01. The molecule has 0 radical (unpaired) electrons. The fourth-order valence-electron chi connectivity index (χ4n) is 1.52. The number of aryl methyl sites for hydroxylation is 2. The maximum absolute atomic E-state index is 11.9. The standard InChI is InChI=1S/C11H10N2OS/c1-7-3-8(2)5-9(4-7)11(14)10-6-12-15-13-10/h3-6H,1-2H3. The van der Waals surface area contributed by atoms with Crippen LogP contribution in [0, 0.1) is 13.8 Å². The molecule has 0 aliphatic carbocycles. The summed E-state index contributed by atoms with van der Waals surface area (Å²) in [5.41, 5.74) is 3.27. The summed E-state index contributed by atoms with van der Waals surface area (Å²) in [4.78, 5) is 11.9. The van der Waals surface area contributed by atoms with E-state index in [4.69, 9.17) is 0 Å². The summed E-state index contributed by atoms with van der Waals surface area (Å²) >= 11 is 1.05. The van der Waals surface area contributed by atoms with Crippen LogP contribution in [0.1, 0.15) is 27.2 Å². The van der Waals surface area contributed by atoms with Gasteiger partial charge in [0.15, 0.2) is 0 Å². The maximum atomic E-state index is 11.9. The van der Waals surface area contributed by atoms with Crippen molar-refractivity contribution >= 4 is 17.5 Å². The molecule has 0 saturated heterocycles. The first-order valence-corrected chi connectivity index (χ1v) is 5.30. The van der Waals surface area contributed by atoms with E-state index in [2.05, 4.69) is 8.75 Å². The van der Waals surface area contributed by atoms with Crippen molar-refractivity contribution in [2.75, 3.05) is 0 Å². The molecular weight excluding hydrogens is 208 g/mol. The second-order valence-electron chi connectivity index (χ2n) is 3.50. The molecule has 0 aliphatic rings. The van der Waals surface area contributed by atoms with Crippen LogP contribution >= 0.6 is 11.7 Å². The van der Waals surface area contributed by atoms with Gasteiger partial charge in [-0.25, -0.2) is 0 Å². The molecule has 1 heterocycles. The molecule has 0 unspecified atom stereocenters. The van der Waals surface area contributed by atoms with Gasteiger partial charge in [0.05, 0.1) is 17.9 Å². The van der Waals surface area contributed by atoms with Gasteiger partial charge >= 0.3 is 0 Å². The van der Waals surface area contributed by atoms with Crippen molar-refractivity contribution in [3.8, 4) is 0 Å². The number of hydrogen-bond acceptors (Lipinski definition) is 4. The van der Waals surface area contributed by atoms with Crippen LogP contribution in [0.25, 0.3) is 0 Å². The van der Waals surface area contributed by atoms with Gasteiger partial charge in [0, 0.05) is 5.56 Å². The van der Waals surface area contributed by atoms with Crippen LogP contribution < -0.4 is 0 Å². The first-order valence-electron chi connectivity index (χ1n) is 4.57. The summed E-state index contributed by atoms with van der Waals surface area (Å²) in [5, 5.41) is 0. The van der Waals surface area contributed by atoms with E-state index >= 15 is 0 Å². The third-order valence-electron chi connectivity index (χ3n) is 2.08. The lowest BCUT2D eigenvalue weighted by molar-refractivity contribution is 0.103. The minimum absolute atomic E-state index is 0.0597. The lowest BCUT2D eigenvalue weighted by atomic mass is 10.0. The van der Waals surface area contributed by atoms with Crippen molar-refractivity contribution in [1.82, 2.24) is 8.75 Å². The molecule has 3 nitrogen and oxygen atoms in total. The second-order valence-corrected chi connectivity index (χ2v) is 4.05. The van der Waals surface area contributed by atoms with Gasteiger partial charge < -0.3 is 0 Å². The van der Waals surface area contributed by atoms with E-state index in [1.165, 1.54) is 6.20 Å². The fourth-order valence-corrected chi connectivity index (χ4v) is 1.93. The largest absolute Gasteiger partial charge is 0.287 e. The normalized spacial score (nSPS) is 10.3. The van der Waals surface area contributed by atoms with Gasteiger partial charge in [-0.2, -0.15) is 8.75 Å². The minimum Gasteiger partial charge on any atom is -0.287 e. The molecular formula is C11H10N2OS. The molecule has 0 aliphatic heterocycles. The number of carbonyl (C=O) groups excluding carboxylic acids is 1. The van der Waals surface area contributed by atoms with E-state index in [1.807, 2.05) is 32.0 Å². The Morgan fingerprint density at radius 2 is 1.87 bits per heavy atom. The average Bonchev–Trinajstić information content (AvgIpc) is 2.67. The minimum atomic E-state index is -0.0597. The Kier molecular flexibility index (Phi) is 2.60. The van der Waals surface area contributed by atoms with Crippen molar-refractivity contribution < 1.29 is 4.79 Å². The predicted octanol–water partition coefficient (Wildman–Crippen LogP) is 2.39. The van der Waals surface area contributed by atoms with Gasteiger partial charge in [0.25, 0.3) is 0 Å². The molecule has 0 fully saturated rings. The molecule has 2 aromatic rings. The molecule has 15 heavy (non-hydrogen) atoms. The lowest BCUT2D eigenvalue weighted by Crippen LogP contribution is -2.02. The monoisotopic (exact) mass is 218 g/mol. The SMILES string of the molecule is Cc1cc(C)cc(C(=O)c2cnsn2)c1. The zero-order chi connectivity index (χ0) is 10.8. The highest BCUT2D eigenvalue weighted by Gasteiger charge is 2.12. The zero-order valence-corrected chi connectivity index (χ0v) is 9.34. The van der Waals surface area contributed by atoms with Crippen molar-refractivity contribution in [2.45, 2.75) is 13.8 Å². The summed E-state index contributed by atoms with van der Waals surface area (Å²) < 4.78 is 7.76. The quantitative estimate of drug-likeness (QED) is 0.727. The highest BCUT2D eigenvalue weighted by Crippen LogP contribution is 2.12. The second kappa shape index (κ2) is 3.90. The molecule has 2 rings (SSSR count). The smallest absolute Gasteiger partial charge is 0.214 e. The Labute approximate surface area is 92.1 Å². The molecule has 0 bridgehead atoms. The maximum Gasteiger partial charge on any atom is 0.214 e. The van der Waals surface area contributed by atoms with Crippen LogP contribution in [0.15, 0.2) is 24.4 Å². The van der Waals surface area contributed by atoms with Crippen molar-refractivity contribution in [3.63, 3.8) is 0 Å². The highest BCUT2D eigenvalue weighted by atomic mass is 32.1. The number of aromatic nitrogens is 2. The van der Waals surface area contributed by atoms with Crippen LogP contribution in [0.3, 0.4) is 0 Å². The van der Waals surface area contributed by atoms with E-state index in [1.54, 1.807) is 0 Å². The van der Waals surface area contributed by atoms with Crippen molar-refractivity contribution in [2.24, 2.45) is 0 Å². The van der Waals surface area contributed by atoms with Crippen molar-refractivity contribution in [3.05, 3.63) is 46.8 Å². The Morgan fingerprint density at radius 3 is 2.40 bits per heavy atom. The molecule has 1 aromatic carbocycles. The summed E-state index contributed by atoms with van der Waals surface area (Å²) in [6.45, 7) is 3.95. The fraction of sp³-hybridized carbons (Fsp3) is 0.182. The zero-order valence-electron chi connectivity index (χ0n) is 8.52. The van der Waals surface area contributed by atoms with Gasteiger partial charge in [-0.1, -0.05) is 17.2 Å². The van der Waals surface area contributed by atoms with Crippen LogP contribution in [-0.2, 0) is 0 Å². The van der Waals surface area contributed by atoms with Crippen LogP contribution in [0.5, 0.6) is 0 Å². The first-order chi connectivity index (χ1) is 7.16. The van der Waals surface area contributed by atoms with Crippen LogP contribution in [0.4, 0.5) is 0 Å². The van der Waals surface area contributed by atoms with Crippen molar-refractivity contribution in [1.29, 1.82) is 0 Å². The van der Waals surface area contributed by atoms with Gasteiger partial charge in [0.2, 0.25) is 5.78 Å². The number of carbonyl (C=O) groups is 1. The topological polar surface area (TPSA) is 42.9 Å². The Balaban J connectivity index is 2.42. The van der Waals surface area contributed by atoms with Crippen LogP contribution in [-0.4, -0.2) is 14.5 Å². The third-order valence-corrected chi connectivity index (χ3v) is 2.56.